The molecule has 1 N–H and O–H groups in total. The molecule has 24 heavy (non-hydrogen) atoms. The van der Waals surface area contributed by atoms with Crippen LogP contribution in [-0.2, 0) is 12.8 Å². The smallest absolute Gasteiger partial charge is 0.253 e. The summed E-state index contributed by atoms with van der Waals surface area (Å²) in [6.45, 7) is 2.07. The molecule has 1 aromatic carbocycles. The van der Waals surface area contributed by atoms with E-state index in [1.165, 1.54) is 30.2 Å². The highest BCUT2D eigenvalue weighted by atomic mass is 16.1. The molecule has 0 saturated carbocycles. The van der Waals surface area contributed by atoms with Crippen molar-refractivity contribution in [3.05, 3.63) is 64.5 Å². The van der Waals surface area contributed by atoms with E-state index < -0.39 is 0 Å². The van der Waals surface area contributed by atoms with Crippen LogP contribution >= 0.6 is 0 Å². The van der Waals surface area contributed by atoms with Crippen molar-refractivity contribution < 1.29 is 4.79 Å². The Morgan fingerprint density at radius 2 is 2.04 bits per heavy atom. The molecule has 122 valence electrons. The summed E-state index contributed by atoms with van der Waals surface area (Å²) in [5.74, 6) is -0.156. The van der Waals surface area contributed by atoms with Crippen molar-refractivity contribution in [2.75, 3.05) is 0 Å². The van der Waals surface area contributed by atoms with Crippen molar-refractivity contribution in [3.8, 4) is 6.07 Å². The lowest BCUT2D eigenvalue weighted by Crippen LogP contribution is -2.28. The Balaban J connectivity index is 1.76. The molecule has 0 bridgehead atoms. The summed E-state index contributed by atoms with van der Waals surface area (Å²) in [4.78, 5) is 16.4. The third kappa shape index (κ3) is 3.46. The predicted octanol–water partition coefficient (Wildman–Crippen LogP) is 3.71. The quantitative estimate of drug-likeness (QED) is 0.934. The average molecular weight is 319 g/mol. The Bertz CT molecular complexity index is 774. The number of carbonyl (C=O) groups is 1. The Labute approximate surface area is 142 Å². The summed E-state index contributed by atoms with van der Waals surface area (Å²) in [7, 11) is 0. The van der Waals surface area contributed by atoms with E-state index >= 15 is 0 Å². The van der Waals surface area contributed by atoms with Crippen molar-refractivity contribution in [2.45, 2.75) is 45.1 Å². The third-order valence-corrected chi connectivity index (χ3v) is 4.63. The number of nitriles is 1. The highest BCUT2D eigenvalue weighted by molar-refractivity contribution is 5.94. The minimum absolute atomic E-state index is 0.0135. The molecular formula is C20H21N3O. The van der Waals surface area contributed by atoms with E-state index in [4.69, 9.17) is 5.26 Å². The van der Waals surface area contributed by atoms with Gasteiger partial charge in [-0.2, -0.15) is 5.26 Å². The summed E-state index contributed by atoms with van der Waals surface area (Å²) in [5, 5.41) is 11.9. The van der Waals surface area contributed by atoms with E-state index in [9.17, 15) is 4.79 Å². The number of hydrogen-bond acceptors (Lipinski definition) is 3. The van der Waals surface area contributed by atoms with Crippen LogP contribution in [0.1, 0.15) is 65.0 Å². The minimum Gasteiger partial charge on any atom is -0.345 e. The van der Waals surface area contributed by atoms with Gasteiger partial charge in [0.1, 0.15) is 11.8 Å². The molecule has 0 fully saturated rings. The molecule has 1 atom stereocenters. The summed E-state index contributed by atoms with van der Waals surface area (Å²) >= 11 is 0. The molecule has 1 aromatic heterocycles. The molecule has 0 radical (unpaired) electrons. The zero-order valence-corrected chi connectivity index (χ0v) is 13.9. The van der Waals surface area contributed by atoms with Crippen LogP contribution < -0.4 is 5.32 Å². The van der Waals surface area contributed by atoms with Gasteiger partial charge in [0, 0.05) is 6.20 Å². The van der Waals surface area contributed by atoms with E-state index in [0.717, 1.165) is 24.8 Å². The number of rotatable bonds is 4. The van der Waals surface area contributed by atoms with Crippen LogP contribution in [0.15, 0.2) is 36.5 Å². The fourth-order valence-corrected chi connectivity index (χ4v) is 3.23. The van der Waals surface area contributed by atoms with E-state index in [0.29, 0.717) is 11.3 Å². The fraction of sp³-hybridized carbons (Fsp3) is 0.350. The van der Waals surface area contributed by atoms with E-state index in [1.54, 1.807) is 12.1 Å². The van der Waals surface area contributed by atoms with Gasteiger partial charge in [-0.05, 0) is 60.9 Å². The molecule has 0 spiro atoms. The first kappa shape index (κ1) is 16.2. The molecule has 1 aliphatic rings. The van der Waals surface area contributed by atoms with Gasteiger partial charge in [0.15, 0.2) is 0 Å². The summed E-state index contributed by atoms with van der Waals surface area (Å²) < 4.78 is 0. The first-order valence-electron chi connectivity index (χ1n) is 8.50. The van der Waals surface area contributed by atoms with Crippen LogP contribution in [0.2, 0.25) is 0 Å². The van der Waals surface area contributed by atoms with Crippen LogP contribution in [-0.4, -0.2) is 10.9 Å². The van der Waals surface area contributed by atoms with E-state index in [1.807, 2.05) is 6.07 Å². The number of aromatic nitrogens is 1. The normalized spacial score (nSPS) is 14.3. The number of aryl methyl sites for hydroxylation is 2. The number of pyridine rings is 1. The SMILES string of the molecule is CCC(NC(=O)c1ccc(C#N)nc1)c1ccc2c(c1)CCCC2. The Kier molecular flexibility index (Phi) is 4.90. The molecule has 3 rings (SSSR count). The topological polar surface area (TPSA) is 65.8 Å². The standard InChI is InChI=1S/C20H21N3O/c1-2-19(16-8-7-14-5-3-4-6-15(14)11-16)23-20(24)17-9-10-18(12-21)22-13-17/h7-11,13,19H,2-6H2,1H3,(H,23,24). The van der Waals surface area contributed by atoms with Crippen molar-refractivity contribution in [3.63, 3.8) is 0 Å². The highest BCUT2D eigenvalue weighted by Crippen LogP contribution is 2.26. The van der Waals surface area contributed by atoms with E-state index in [2.05, 4.69) is 35.4 Å². The van der Waals surface area contributed by atoms with Crippen molar-refractivity contribution >= 4 is 5.91 Å². The maximum atomic E-state index is 12.4. The van der Waals surface area contributed by atoms with Gasteiger partial charge in [0.05, 0.1) is 11.6 Å². The molecule has 1 amide bonds. The second-order valence-electron chi connectivity index (χ2n) is 6.21. The lowest BCUT2D eigenvalue weighted by atomic mass is 9.88. The van der Waals surface area contributed by atoms with E-state index in [-0.39, 0.29) is 11.9 Å². The van der Waals surface area contributed by atoms with Crippen LogP contribution in [0.25, 0.3) is 0 Å². The highest BCUT2D eigenvalue weighted by Gasteiger charge is 2.17. The first-order valence-corrected chi connectivity index (χ1v) is 8.50. The summed E-state index contributed by atoms with van der Waals surface area (Å²) in [6.07, 6.45) is 7.09. The molecule has 1 unspecified atom stereocenters. The molecule has 1 heterocycles. The maximum absolute atomic E-state index is 12.4. The van der Waals surface area contributed by atoms with Crippen LogP contribution in [0.5, 0.6) is 0 Å². The molecule has 4 heteroatoms. The second-order valence-corrected chi connectivity index (χ2v) is 6.21. The molecule has 0 aliphatic heterocycles. The average Bonchev–Trinajstić information content (AvgIpc) is 2.65. The fourth-order valence-electron chi connectivity index (χ4n) is 3.23. The van der Waals surface area contributed by atoms with Crippen molar-refractivity contribution in [2.24, 2.45) is 0 Å². The van der Waals surface area contributed by atoms with Crippen molar-refractivity contribution in [1.29, 1.82) is 5.26 Å². The van der Waals surface area contributed by atoms with Gasteiger partial charge in [-0.1, -0.05) is 25.1 Å². The second kappa shape index (κ2) is 7.27. The number of carbonyl (C=O) groups excluding carboxylic acids is 1. The lowest BCUT2D eigenvalue weighted by Gasteiger charge is -2.21. The maximum Gasteiger partial charge on any atom is 0.253 e. The van der Waals surface area contributed by atoms with Crippen LogP contribution in [0.4, 0.5) is 0 Å². The van der Waals surface area contributed by atoms with Gasteiger partial charge in [-0.25, -0.2) is 4.98 Å². The van der Waals surface area contributed by atoms with Gasteiger partial charge < -0.3 is 5.32 Å². The zero-order chi connectivity index (χ0) is 16.9. The molecular weight excluding hydrogens is 298 g/mol. The largest absolute Gasteiger partial charge is 0.345 e. The number of amides is 1. The molecule has 0 saturated heterocycles. The molecule has 4 nitrogen and oxygen atoms in total. The Morgan fingerprint density at radius 1 is 1.25 bits per heavy atom. The van der Waals surface area contributed by atoms with Gasteiger partial charge >= 0.3 is 0 Å². The lowest BCUT2D eigenvalue weighted by molar-refractivity contribution is 0.0935. The summed E-state index contributed by atoms with van der Waals surface area (Å²) in [5.41, 5.74) is 4.82. The predicted molar refractivity (Wildman–Crippen MR) is 92.5 cm³/mol. The summed E-state index contributed by atoms with van der Waals surface area (Å²) in [6, 6.07) is 11.7. The number of fused-ring (bicyclic) bond motifs is 1. The van der Waals surface area contributed by atoms with Gasteiger partial charge in [0.25, 0.3) is 5.91 Å². The third-order valence-electron chi connectivity index (χ3n) is 4.63. The number of nitrogens with zero attached hydrogens (tertiary/aromatic N) is 2. The monoisotopic (exact) mass is 319 g/mol. The first-order chi connectivity index (χ1) is 11.7. The Morgan fingerprint density at radius 3 is 2.71 bits per heavy atom. The van der Waals surface area contributed by atoms with Gasteiger partial charge in [0.2, 0.25) is 0 Å². The van der Waals surface area contributed by atoms with Gasteiger partial charge in [-0.3, -0.25) is 4.79 Å². The zero-order valence-electron chi connectivity index (χ0n) is 13.9. The number of hydrogen-bond donors (Lipinski definition) is 1. The van der Waals surface area contributed by atoms with Crippen molar-refractivity contribution in [1.82, 2.24) is 10.3 Å². The van der Waals surface area contributed by atoms with Gasteiger partial charge in [-0.15, -0.1) is 0 Å². The molecule has 1 aliphatic carbocycles. The minimum atomic E-state index is -0.156. The van der Waals surface area contributed by atoms with Crippen LogP contribution in [0.3, 0.4) is 0 Å². The molecule has 2 aromatic rings. The number of nitrogens with one attached hydrogen (secondary N) is 1. The Hall–Kier alpha value is -2.67. The van der Waals surface area contributed by atoms with Crippen LogP contribution in [0, 0.1) is 11.3 Å². The number of benzene rings is 1.